The van der Waals surface area contributed by atoms with Gasteiger partial charge in [0.25, 0.3) is 10.0 Å². The summed E-state index contributed by atoms with van der Waals surface area (Å²) in [7, 11) is -3.13. The number of nitrogens with one attached hydrogen (secondary N) is 1. The molecule has 0 saturated carbocycles. The molecule has 8 nitrogen and oxygen atoms in total. The van der Waals surface area contributed by atoms with Crippen LogP contribution >= 0.6 is 11.6 Å². The first-order chi connectivity index (χ1) is 19.8. The number of anilines is 1. The summed E-state index contributed by atoms with van der Waals surface area (Å²) in [6.45, 7) is 2.64. The van der Waals surface area contributed by atoms with Crippen molar-refractivity contribution in [3.63, 3.8) is 0 Å². The van der Waals surface area contributed by atoms with E-state index in [1.54, 1.807) is 44.2 Å². The number of halogens is 4. The normalized spacial score (nSPS) is 12.4. The smallest absolute Gasteiger partial charge is 0.416 e. The van der Waals surface area contributed by atoms with Crippen LogP contribution in [0.15, 0.2) is 77.7 Å². The molecule has 0 radical (unpaired) electrons. The highest BCUT2D eigenvalue weighted by Gasteiger charge is 2.36. The molecule has 1 N–H and O–H groups in total. The Hall–Kier alpha value is -3.77. The van der Waals surface area contributed by atoms with Crippen molar-refractivity contribution in [3.05, 3.63) is 88.9 Å². The van der Waals surface area contributed by atoms with Crippen LogP contribution in [-0.2, 0) is 32.3 Å². The number of amides is 2. The van der Waals surface area contributed by atoms with Gasteiger partial charge in [0.15, 0.2) is 0 Å². The molecule has 2 amide bonds. The third-order valence-electron chi connectivity index (χ3n) is 6.38. The van der Waals surface area contributed by atoms with Gasteiger partial charge in [0.05, 0.1) is 28.3 Å². The first kappa shape index (κ1) is 32.7. The predicted molar refractivity (Wildman–Crippen MR) is 154 cm³/mol. The Morgan fingerprint density at radius 2 is 1.69 bits per heavy atom. The Morgan fingerprint density at radius 1 is 1.00 bits per heavy atom. The molecule has 0 aromatic heterocycles. The number of methoxy groups -OCH3 is 1. The molecule has 13 heteroatoms. The first-order valence-electron chi connectivity index (χ1n) is 13.0. The zero-order valence-corrected chi connectivity index (χ0v) is 24.8. The molecule has 0 aliphatic heterocycles. The Morgan fingerprint density at radius 3 is 2.29 bits per heavy atom. The summed E-state index contributed by atoms with van der Waals surface area (Å²) in [6, 6.07) is 14.9. The van der Waals surface area contributed by atoms with Crippen LogP contribution in [-0.4, -0.2) is 51.4 Å². The van der Waals surface area contributed by atoms with E-state index in [2.05, 4.69) is 5.32 Å². The largest absolute Gasteiger partial charge is 0.497 e. The summed E-state index contributed by atoms with van der Waals surface area (Å²) in [4.78, 5) is 28.0. The number of hydrogen-bond acceptors (Lipinski definition) is 5. The third kappa shape index (κ3) is 7.74. The quantitative estimate of drug-likeness (QED) is 0.287. The lowest BCUT2D eigenvalue weighted by Crippen LogP contribution is -2.52. The second-order valence-corrected chi connectivity index (χ2v) is 11.4. The van der Waals surface area contributed by atoms with E-state index in [1.165, 1.54) is 36.3 Å². The van der Waals surface area contributed by atoms with Crippen molar-refractivity contribution in [2.75, 3.05) is 24.5 Å². The summed E-state index contributed by atoms with van der Waals surface area (Å²) in [5.74, 6) is -0.801. The van der Waals surface area contributed by atoms with Crippen molar-refractivity contribution < 1.29 is 35.9 Å². The summed E-state index contributed by atoms with van der Waals surface area (Å²) in [5.41, 5.74) is -1.10. The Labute approximate surface area is 248 Å². The van der Waals surface area contributed by atoms with Crippen molar-refractivity contribution >= 4 is 39.1 Å². The number of nitrogens with zero attached hydrogens (tertiary/aromatic N) is 2. The van der Waals surface area contributed by atoms with E-state index < -0.39 is 51.9 Å². The summed E-state index contributed by atoms with van der Waals surface area (Å²) in [5, 5.41) is 2.36. The lowest BCUT2D eigenvalue weighted by molar-refractivity contribution is -0.140. The van der Waals surface area contributed by atoms with Crippen LogP contribution in [0.4, 0.5) is 18.9 Å². The van der Waals surface area contributed by atoms with E-state index in [1.807, 2.05) is 0 Å². The van der Waals surface area contributed by atoms with Gasteiger partial charge in [-0.05, 0) is 61.4 Å². The molecule has 1 atom stereocenters. The van der Waals surface area contributed by atoms with Crippen LogP contribution in [0.1, 0.15) is 31.4 Å². The molecule has 0 spiro atoms. The molecule has 3 aromatic carbocycles. The van der Waals surface area contributed by atoms with Gasteiger partial charge in [-0.15, -0.1) is 0 Å². The van der Waals surface area contributed by atoms with Crippen LogP contribution in [0.3, 0.4) is 0 Å². The van der Waals surface area contributed by atoms with Crippen molar-refractivity contribution in [2.24, 2.45) is 0 Å². The predicted octanol–water partition coefficient (Wildman–Crippen LogP) is 5.51. The monoisotopic (exact) mass is 625 g/mol. The van der Waals surface area contributed by atoms with E-state index >= 15 is 0 Å². The van der Waals surface area contributed by atoms with E-state index in [-0.39, 0.29) is 29.4 Å². The zero-order valence-electron chi connectivity index (χ0n) is 23.2. The van der Waals surface area contributed by atoms with E-state index in [4.69, 9.17) is 16.3 Å². The van der Waals surface area contributed by atoms with Crippen LogP contribution < -0.4 is 14.4 Å². The lowest BCUT2D eigenvalue weighted by Gasteiger charge is -2.33. The standard InChI is InChI=1S/C29H31ClF3N3O5S/c1-4-25(28(38)34-5-2)35(18-20-10-9-11-22(16-20)41-3)27(37)19-36(42(39,40)23-12-7-6-8-13-23)26-17-21(29(31,32)33)14-15-24(26)30/h6-17,25H,4-5,18-19H2,1-3H3,(H,34,38). The zero-order chi connectivity index (χ0) is 31.1. The van der Waals surface area contributed by atoms with E-state index in [0.29, 0.717) is 21.7 Å². The molecule has 3 aromatic rings. The molecular weight excluding hydrogens is 595 g/mol. The van der Waals surface area contributed by atoms with Crippen molar-refractivity contribution in [1.29, 1.82) is 0 Å². The fourth-order valence-electron chi connectivity index (χ4n) is 4.29. The highest BCUT2D eigenvalue weighted by Crippen LogP contribution is 2.37. The van der Waals surface area contributed by atoms with Gasteiger partial charge in [0.2, 0.25) is 11.8 Å². The van der Waals surface area contributed by atoms with E-state index in [0.717, 1.165) is 12.1 Å². The molecule has 42 heavy (non-hydrogen) atoms. The molecule has 0 heterocycles. The molecule has 1 unspecified atom stereocenters. The number of likely N-dealkylation sites (N-methyl/N-ethyl adjacent to an activating group) is 1. The maximum absolute atomic E-state index is 14.0. The second kappa shape index (κ2) is 13.9. The molecule has 0 bridgehead atoms. The van der Waals surface area contributed by atoms with Gasteiger partial charge >= 0.3 is 6.18 Å². The second-order valence-electron chi connectivity index (χ2n) is 9.18. The van der Waals surface area contributed by atoms with Crippen LogP contribution in [0, 0.1) is 0 Å². The number of ether oxygens (including phenoxy) is 1. The molecule has 0 aliphatic carbocycles. The Bertz CT molecular complexity index is 1500. The minimum Gasteiger partial charge on any atom is -0.497 e. The average molecular weight is 626 g/mol. The van der Waals surface area contributed by atoms with Gasteiger partial charge in [0.1, 0.15) is 18.3 Å². The first-order valence-corrected chi connectivity index (χ1v) is 14.8. The number of sulfonamides is 1. The number of carbonyl (C=O) groups excluding carboxylic acids is 2. The minimum atomic E-state index is -4.81. The number of rotatable bonds is 12. The van der Waals surface area contributed by atoms with Crippen LogP contribution in [0.5, 0.6) is 5.75 Å². The maximum Gasteiger partial charge on any atom is 0.416 e. The number of hydrogen-bond donors (Lipinski definition) is 1. The number of carbonyl (C=O) groups is 2. The topological polar surface area (TPSA) is 96.0 Å². The van der Waals surface area contributed by atoms with E-state index in [9.17, 15) is 31.2 Å². The third-order valence-corrected chi connectivity index (χ3v) is 8.47. The Kier molecular flexibility index (Phi) is 10.9. The van der Waals surface area contributed by atoms with Gasteiger partial charge in [-0.25, -0.2) is 8.42 Å². The highest BCUT2D eigenvalue weighted by molar-refractivity contribution is 7.92. The molecule has 226 valence electrons. The minimum absolute atomic E-state index is 0.110. The maximum atomic E-state index is 14.0. The molecule has 0 saturated heterocycles. The van der Waals surface area contributed by atoms with Gasteiger partial charge in [0, 0.05) is 13.1 Å². The average Bonchev–Trinajstić information content (AvgIpc) is 2.96. The van der Waals surface area contributed by atoms with Crippen molar-refractivity contribution in [2.45, 2.75) is 43.9 Å². The fourth-order valence-corrected chi connectivity index (χ4v) is 6.01. The summed E-state index contributed by atoms with van der Waals surface area (Å²) in [6.07, 6.45) is -4.63. The Balaban J connectivity index is 2.16. The molecule has 3 rings (SSSR count). The van der Waals surface area contributed by atoms with Crippen LogP contribution in [0.25, 0.3) is 0 Å². The number of benzene rings is 3. The van der Waals surface area contributed by atoms with Gasteiger partial charge in [-0.2, -0.15) is 13.2 Å². The molecule has 0 fully saturated rings. The highest BCUT2D eigenvalue weighted by atomic mass is 35.5. The van der Waals surface area contributed by atoms with Crippen LogP contribution in [0.2, 0.25) is 5.02 Å². The lowest BCUT2D eigenvalue weighted by atomic mass is 10.1. The van der Waals surface area contributed by atoms with Gasteiger partial charge in [-0.3, -0.25) is 13.9 Å². The molecular formula is C29H31ClF3N3O5S. The summed E-state index contributed by atoms with van der Waals surface area (Å²) < 4.78 is 74.4. The SMILES string of the molecule is CCNC(=O)C(CC)N(Cc1cccc(OC)c1)C(=O)CN(c1cc(C(F)(F)F)ccc1Cl)S(=O)(=O)c1ccccc1. The van der Waals surface area contributed by atoms with Crippen molar-refractivity contribution in [3.8, 4) is 5.75 Å². The van der Waals surface area contributed by atoms with Gasteiger partial charge in [-0.1, -0.05) is 48.9 Å². The fraction of sp³-hybridized carbons (Fsp3) is 0.310. The van der Waals surface area contributed by atoms with Crippen molar-refractivity contribution in [1.82, 2.24) is 10.2 Å². The number of alkyl halides is 3. The molecule has 0 aliphatic rings. The summed E-state index contributed by atoms with van der Waals surface area (Å²) >= 11 is 6.27. The van der Waals surface area contributed by atoms with Gasteiger partial charge < -0.3 is 15.0 Å².